The summed E-state index contributed by atoms with van der Waals surface area (Å²) in [6, 6.07) is 0. The van der Waals surface area contributed by atoms with Crippen molar-refractivity contribution in [1.29, 1.82) is 0 Å². The second-order valence-corrected chi connectivity index (χ2v) is 5.42. The Kier molecular flexibility index (Phi) is 1.90. The van der Waals surface area contributed by atoms with Gasteiger partial charge in [0.1, 0.15) is 0 Å². The Labute approximate surface area is 80.5 Å². The van der Waals surface area contributed by atoms with Gasteiger partial charge in [0, 0.05) is 0 Å². The lowest BCUT2D eigenvalue weighted by atomic mass is 9.68. The number of hydrogen-bond donors (Lipinski definition) is 1. The summed E-state index contributed by atoms with van der Waals surface area (Å²) < 4.78 is 0. The highest BCUT2D eigenvalue weighted by Gasteiger charge is 2.47. The van der Waals surface area contributed by atoms with Crippen LogP contribution < -0.4 is 0 Å². The van der Waals surface area contributed by atoms with Crippen LogP contribution in [0.3, 0.4) is 0 Å². The first kappa shape index (κ1) is 8.28. The van der Waals surface area contributed by atoms with E-state index in [2.05, 4.69) is 0 Å². The first-order valence-electron chi connectivity index (χ1n) is 6.04. The van der Waals surface area contributed by atoms with Gasteiger partial charge in [-0.3, -0.25) is 0 Å². The van der Waals surface area contributed by atoms with Gasteiger partial charge in [0.2, 0.25) is 0 Å². The Morgan fingerprint density at radius 3 is 2.38 bits per heavy atom. The Morgan fingerprint density at radius 2 is 1.46 bits per heavy atom. The summed E-state index contributed by atoms with van der Waals surface area (Å²) in [4.78, 5) is 0. The molecule has 5 atom stereocenters. The van der Waals surface area contributed by atoms with Crippen molar-refractivity contribution in [2.45, 2.75) is 51.0 Å². The van der Waals surface area contributed by atoms with Crippen molar-refractivity contribution in [3.63, 3.8) is 0 Å². The van der Waals surface area contributed by atoms with Gasteiger partial charge < -0.3 is 5.11 Å². The average Bonchev–Trinajstić information content (AvgIpc) is 2.66. The van der Waals surface area contributed by atoms with Gasteiger partial charge >= 0.3 is 0 Å². The van der Waals surface area contributed by atoms with Crippen LogP contribution in [0.25, 0.3) is 0 Å². The average molecular weight is 180 g/mol. The molecule has 0 bridgehead atoms. The summed E-state index contributed by atoms with van der Waals surface area (Å²) >= 11 is 0. The van der Waals surface area contributed by atoms with Crippen molar-refractivity contribution in [3.05, 3.63) is 0 Å². The number of hydrogen-bond acceptors (Lipinski definition) is 1. The first-order valence-corrected chi connectivity index (χ1v) is 6.04. The van der Waals surface area contributed by atoms with Crippen LogP contribution in [0, 0.1) is 23.7 Å². The van der Waals surface area contributed by atoms with Crippen LogP contribution in [0.5, 0.6) is 0 Å². The van der Waals surface area contributed by atoms with Crippen LogP contribution in [-0.2, 0) is 0 Å². The predicted molar refractivity (Wildman–Crippen MR) is 52.3 cm³/mol. The van der Waals surface area contributed by atoms with E-state index < -0.39 is 0 Å². The third-order valence-electron chi connectivity index (χ3n) is 4.93. The zero-order valence-electron chi connectivity index (χ0n) is 8.28. The SMILES string of the molecule is O[C@@H]1C[C@H]2CCC[C@H]2[C@H]2CCC[C@@H]21. The zero-order valence-corrected chi connectivity index (χ0v) is 8.28. The summed E-state index contributed by atoms with van der Waals surface area (Å²) in [6.07, 6.45) is 9.63. The van der Waals surface area contributed by atoms with Crippen LogP contribution >= 0.6 is 0 Å². The van der Waals surface area contributed by atoms with Gasteiger partial charge in [0.15, 0.2) is 0 Å². The van der Waals surface area contributed by atoms with Crippen LogP contribution in [0.1, 0.15) is 44.9 Å². The first-order chi connectivity index (χ1) is 6.36. The van der Waals surface area contributed by atoms with E-state index in [-0.39, 0.29) is 6.10 Å². The van der Waals surface area contributed by atoms with E-state index in [1.807, 2.05) is 0 Å². The van der Waals surface area contributed by atoms with Crippen LogP contribution in [0.2, 0.25) is 0 Å². The van der Waals surface area contributed by atoms with E-state index in [1.165, 1.54) is 38.5 Å². The highest BCUT2D eigenvalue weighted by molar-refractivity contribution is 4.97. The lowest BCUT2D eigenvalue weighted by molar-refractivity contribution is -0.00595. The molecular weight excluding hydrogens is 160 g/mol. The number of aliphatic hydroxyl groups excluding tert-OH is 1. The Bertz CT molecular complexity index is 201. The molecule has 1 heteroatoms. The van der Waals surface area contributed by atoms with Crippen molar-refractivity contribution < 1.29 is 5.11 Å². The van der Waals surface area contributed by atoms with E-state index in [9.17, 15) is 5.11 Å². The van der Waals surface area contributed by atoms with E-state index >= 15 is 0 Å². The van der Waals surface area contributed by atoms with Crippen LogP contribution in [0.4, 0.5) is 0 Å². The fourth-order valence-electron chi connectivity index (χ4n) is 4.43. The number of aliphatic hydroxyl groups is 1. The Morgan fingerprint density at radius 1 is 0.769 bits per heavy atom. The normalized spacial score (nSPS) is 54.7. The summed E-state index contributed by atoms with van der Waals surface area (Å²) in [5.41, 5.74) is 0. The maximum Gasteiger partial charge on any atom is 0.0573 e. The van der Waals surface area contributed by atoms with Crippen molar-refractivity contribution in [2.75, 3.05) is 0 Å². The van der Waals surface area contributed by atoms with E-state index in [4.69, 9.17) is 0 Å². The smallest absolute Gasteiger partial charge is 0.0573 e. The molecule has 1 N–H and O–H groups in total. The topological polar surface area (TPSA) is 20.2 Å². The van der Waals surface area contributed by atoms with Gasteiger partial charge in [-0.05, 0) is 49.4 Å². The molecule has 0 radical (unpaired) electrons. The maximum absolute atomic E-state index is 10.0. The Balaban J connectivity index is 1.84. The molecule has 74 valence electrons. The van der Waals surface area contributed by atoms with Gasteiger partial charge in [-0.1, -0.05) is 19.3 Å². The second-order valence-electron chi connectivity index (χ2n) is 5.42. The maximum atomic E-state index is 10.0. The quantitative estimate of drug-likeness (QED) is 0.607. The summed E-state index contributed by atoms with van der Waals surface area (Å²) in [5.74, 6) is 3.51. The molecule has 3 aliphatic carbocycles. The number of fused-ring (bicyclic) bond motifs is 3. The van der Waals surface area contributed by atoms with Crippen molar-refractivity contribution in [2.24, 2.45) is 23.7 Å². The van der Waals surface area contributed by atoms with Crippen molar-refractivity contribution >= 4 is 0 Å². The molecular formula is C12H20O. The van der Waals surface area contributed by atoms with Crippen molar-refractivity contribution in [3.8, 4) is 0 Å². The summed E-state index contributed by atoms with van der Waals surface area (Å²) in [6.45, 7) is 0. The molecule has 0 spiro atoms. The molecule has 0 aliphatic heterocycles. The fraction of sp³-hybridized carbons (Fsp3) is 1.00. The largest absolute Gasteiger partial charge is 0.393 e. The molecule has 0 aromatic carbocycles. The molecule has 3 rings (SSSR count). The molecule has 0 aromatic rings. The molecule has 3 aliphatic rings. The third kappa shape index (κ3) is 1.16. The lowest BCUT2D eigenvalue weighted by Gasteiger charge is -2.39. The highest BCUT2D eigenvalue weighted by atomic mass is 16.3. The van der Waals surface area contributed by atoms with Crippen molar-refractivity contribution in [1.82, 2.24) is 0 Å². The van der Waals surface area contributed by atoms with Gasteiger partial charge in [-0.15, -0.1) is 0 Å². The van der Waals surface area contributed by atoms with Gasteiger partial charge in [-0.25, -0.2) is 0 Å². The highest BCUT2D eigenvalue weighted by Crippen LogP contribution is 2.53. The molecule has 0 saturated heterocycles. The van der Waals surface area contributed by atoms with E-state index in [1.54, 1.807) is 0 Å². The van der Waals surface area contributed by atoms with E-state index in [0.717, 1.165) is 24.2 Å². The van der Waals surface area contributed by atoms with E-state index in [0.29, 0.717) is 5.92 Å². The summed E-state index contributed by atoms with van der Waals surface area (Å²) in [5, 5.41) is 10.0. The minimum Gasteiger partial charge on any atom is -0.393 e. The molecule has 1 nitrogen and oxygen atoms in total. The standard InChI is InChI=1S/C12H20O/c13-12-7-8-3-1-4-9(8)10-5-2-6-11(10)12/h8-13H,1-7H2/t8-,9-,10-,11+,12-/m1/s1. The zero-order chi connectivity index (χ0) is 8.84. The molecule has 0 heterocycles. The minimum atomic E-state index is 0.0619. The minimum absolute atomic E-state index is 0.0619. The van der Waals surface area contributed by atoms with Crippen LogP contribution in [0.15, 0.2) is 0 Å². The second kappa shape index (κ2) is 2.98. The summed E-state index contributed by atoms with van der Waals surface area (Å²) in [7, 11) is 0. The van der Waals surface area contributed by atoms with Gasteiger partial charge in [-0.2, -0.15) is 0 Å². The van der Waals surface area contributed by atoms with Crippen LogP contribution in [-0.4, -0.2) is 11.2 Å². The Hall–Kier alpha value is -0.0400. The van der Waals surface area contributed by atoms with Gasteiger partial charge in [0.25, 0.3) is 0 Å². The molecule has 3 fully saturated rings. The molecule has 13 heavy (non-hydrogen) atoms. The molecule has 0 unspecified atom stereocenters. The molecule has 0 aromatic heterocycles. The third-order valence-corrected chi connectivity index (χ3v) is 4.93. The molecule has 3 saturated carbocycles. The van der Waals surface area contributed by atoms with Gasteiger partial charge in [0.05, 0.1) is 6.10 Å². The predicted octanol–water partition coefficient (Wildman–Crippen LogP) is 2.58. The molecule has 0 amide bonds. The monoisotopic (exact) mass is 180 g/mol. The lowest BCUT2D eigenvalue weighted by Crippen LogP contribution is -2.38. The fourth-order valence-corrected chi connectivity index (χ4v) is 4.43. The number of rotatable bonds is 0.